The van der Waals surface area contributed by atoms with Gasteiger partial charge in [0.1, 0.15) is 0 Å². The summed E-state index contributed by atoms with van der Waals surface area (Å²) in [6.45, 7) is 0. The van der Waals surface area contributed by atoms with E-state index in [9.17, 15) is 73.1 Å². The second kappa shape index (κ2) is 11.0. The third-order valence-corrected chi connectivity index (χ3v) is 2.32. The fourth-order valence-corrected chi connectivity index (χ4v) is 0.923. The molecule has 27 heavy (non-hydrogen) atoms. The first-order valence-electron chi connectivity index (χ1n) is 6.00. The van der Waals surface area contributed by atoms with Crippen molar-refractivity contribution < 1.29 is 93.5 Å². The van der Waals surface area contributed by atoms with Crippen LogP contribution < -0.4 is 20.4 Å². The maximum Gasteiger partial charge on any atom is 0.377 e. The van der Waals surface area contributed by atoms with E-state index in [1.165, 1.54) is 0 Å². The fourth-order valence-electron chi connectivity index (χ4n) is 0.923. The maximum atomic E-state index is 11.4. The Labute approximate surface area is 156 Å². The van der Waals surface area contributed by atoms with Crippen LogP contribution in [0, 0.1) is 0 Å². The van der Waals surface area contributed by atoms with Crippen molar-refractivity contribution in [2.45, 2.75) is 62.0 Å². The van der Waals surface area contributed by atoms with E-state index in [4.69, 9.17) is 0 Å². The minimum Gasteiger partial charge on any atom is -0.846 e. The second-order valence-corrected chi connectivity index (χ2v) is 4.59. The zero-order valence-electron chi connectivity index (χ0n) is 12.2. The average molecular weight is 527 g/mol. The van der Waals surface area contributed by atoms with Crippen molar-refractivity contribution in [1.29, 1.82) is 0 Å². The van der Waals surface area contributed by atoms with Gasteiger partial charge in [-0.15, -0.1) is 0 Å². The third kappa shape index (κ3) is 14.3. The first-order chi connectivity index (χ1) is 11.1. The van der Waals surface area contributed by atoms with Crippen LogP contribution in [0.1, 0.15) is 12.8 Å². The first-order valence-corrected chi connectivity index (χ1v) is 6.00. The van der Waals surface area contributed by atoms with Crippen molar-refractivity contribution in [3.05, 3.63) is 0 Å². The molecule has 0 aromatic rings. The van der Waals surface area contributed by atoms with Crippen LogP contribution in [0.25, 0.3) is 0 Å². The zero-order valence-corrected chi connectivity index (χ0v) is 13.8. The molecule has 4 nitrogen and oxygen atoms in total. The molecule has 4 unspecified atom stereocenters. The Hall–Kier alpha value is -0.338. The van der Waals surface area contributed by atoms with E-state index >= 15 is 0 Å². The molecule has 0 bridgehead atoms. The van der Waals surface area contributed by atoms with Crippen LogP contribution in [0.5, 0.6) is 0 Å². The fraction of sp³-hybridized carbons (Fsp3) is 1.00. The van der Waals surface area contributed by atoms with E-state index < -0.39 is 62.0 Å². The average Bonchev–Trinajstić information content (AvgIpc) is 2.34. The summed E-state index contributed by atoms with van der Waals surface area (Å²) in [7, 11) is 0. The van der Waals surface area contributed by atoms with E-state index in [-0.39, 0.29) is 20.4 Å². The summed E-state index contributed by atoms with van der Waals surface area (Å²) in [4.78, 5) is 0. The van der Waals surface area contributed by atoms with Gasteiger partial charge in [0, 0.05) is 20.4 Å². The summed E-state index contributed by atoms with van der Waals surface area (Å²) in [5, 5.41) is 39.9. The molecule has 0 aromatic heterocycles. The molecule has 0 aliphatic carbocycles. The van der Waals surface area contributed by atoms with Crippen LogP contribution >= 0.6 is 0 Å². The largest absolute Gasteiger partial charge is 0.846 e. The molecule has 0 heterocycles. The van der Waals surface area contributed by atoms with Crippen molar-refractivity contribution in [2.75, 3.05) is 0 Å². The summed E-state index contributed by atoms with van der Waals surface area (Å²) >= 11 is 0. The van der Waals surface area contributed by atoms with Crippen LogP contribution in [-0.4, -0.2) is 49.1 Å². The molecule has 0 aromatic carbocycles. The maximum absolute atomic E-state index is 11.4. The molecule has 0 saturated carbocycles. The minimum absolute atomic E-state index is 0. The Morgan fingerprint density at radius 1 is 0.407 bits per heavy atom. The quantitative estimate of drug-likeness (QED) is 0.378. The second-order valence-electron chi connectivity index (χ2n) is 4.59. The van der Waals surface area contributed by atoms with Crippen molar-refractivity contribution in [3.63, 3.8) is 0 Å². The van der Waals surface area contributed by atoms with Gasteiger partial charge in [0.15, 0.2) is 0 Å². The number of alkyl halides is 12. The summed E-state index contributed by atoms with van der Waals surface area (Å²) in [6.07, 6.45) is -39.1. The van der Waals surface area contributed by atoms with E-state index in [0.717, 1.165) is 0 Å². The van der Waals surface area contributed by atoms with Crippen molar-refractivity contribution in [3.8, 4) is 0 Å². The minimum atomic E-state index is -5.30. The molecule has 17 heteroatoms. The molecule has 4 atom stereocenters. The Balaban J connectivity index is -0.000000411. The van der Waals surface area contributed by atoms with Crippen LogP contribution in [0.4, 0.5) is 52.7 Å². The van der Waals surface area contributed by atoms with Gasteiger partial charge in [0.2, 0.25) is 0 Å². The van der Waals surface area contributed by atoms with Gasteiger partial charge in [0.05, 0.1) is 0 Å². The van der Waals surface area contributed by atoms with Crippen LogP contribution in [0.2, 0.25) is 0 Å². The van der Waals surface area contributed by atoms with Crippen LogP contribution in [0.3, 0.4) is 0 Å². The molecule has 0 fully saturated rings. The van der Waals surface area contributed by atoms with Crippen molar-refractivity contribution in [2.24, 2.45) is 0 Å². The van der Waals surface area contributed by atoms with Gasteiger partial charge < -0.3 is 20.4 Å². The van der Waals surface area contributed by atoms with Gasteiger partial charge in [-0.1, -0.05) is 12.8 Å². The molecular formula is C10H8F12O4Pd-4. The molecule has 170 valence electrons. The van der Waals surface area contributed by atoms with Crippen LogP contribution in [-0.2, 0) is 20.4 Å². The SMILES string of the molecule is [O-]C(CC([O-])C(F)(F)F)C(F)(F)F.[O-]C(CC([O-])C(F)(F)F)C(F)(F)F.[Pd]. The van der Waals surface area contributed by atoms with Gasteiger partial charge in [-0.2, -0.15) is 52.7 Å². The Kier molecular flexibility index (Phi) is 12.8. The van der Waals surface area contributed by atoms with Gasteiger partial charge in [-0.25, -0.2) is 0 Å². The predicted molar refractivity (Wildman–Crippen MR) is 48.6 cm³/mol. The van der Waals surface area contributed by atoms with Crippen molar-refractivity contribution in [1.82, 2.24) is 0 Å². The van der Waals surface area contributed by atoms with E-state index in [1.807, 2.05) is 0 Å². The summed E-state index contributed by atoms with van der Waals surface area (Å²) in [6, 6.07) is 0. The molecule has 0 amide bonds. The van der Waals surface area contributed by atoms with E-state index in [0.29, 0.717) is 0 Å². The number of halogens is 12. The molecule has 0 rings (SSSR count). The molecule has 0 aliphatic heterocycles. The normalized spacial score (nSPS) is 17.8. The zero-order chi connectivity index (χ0) is 21.7. The molecule has 0 radical (unpaired) electrons. The molecular weight excluding hydrogens is 519 g/mol. The predicted octanol–water partition coefficient (Wildman–Crippen LogP) is -0.0847. The van der Waals surface area contributed by atoms with E-state index in [2.05, 4.69) is 0 Å². The van der Waals surface area contributed by atoms with Gasteiger partial charge in [-0.05, 0) is 24.4 Å². The number of rotatable bonds is 4. The van der Waals surface area contributed by atoms with Gasteiger partial charge in [0.25, 0.3) is 0 Å². The number of hydrogen-bond acceptors (Lipinski definition) is 4. The molecule has 0 spiro atoms. The van der Waals surface area contributed by atoms with Crippen molar-refractivity contribution >= 4 is 0 Å². The first kappa shape index (κ1) is 31.4. The topological polar surface area (TPSA) is 92.2 Å². The van der Waals surface area contributed by atoms with Gasteiger partial charge in [-0.3, -0.25) is 0 Å². The molecule has 0 aliphatic rings. The standard InChI is InChI=1S/2C5H4F6O2.Pd/c2*6-4(7,8)2(12)1-3(13)5(9,10)11;/h2*2-3H,1H2;/q2*-2;. The Morgan fingerprint density at radius 3 is 0.593 bits per heavy atom. The summed E-state index contributed by atoms with van der Waals surface area (Å²) in [5.41, 5.74) is 0. The third-order valence-electron chi connectivity index (χ3n) is 2.32. The smallest absolute Gasteiger partial charge is 0.377 e. The Morgan fingerprint density at radius 2 is 0.519 bits per heavy atom. The van der Waals surface area contributed by atoms with Crippen LogP contribution in [0.15, 0.2) is 0 Å². The summed E-state index contributed by atoms with van der Waals surface area (Å²) < 4.78 is 137. The van der Waals surface area contributed by atoms with Gasteiger partial charge >= 0.3 is 24.7 Å². The number of hydrogen-bond donors (Lipinski definition) is 0. The summed E-state index contributed by atoms with van der Waals surface area (Å²) in [5.74, 6) is 0. The monoisotopic (exact) mass is 526 g/mol. The molecule has 0 N–H and O–H groups in total. The van der Waals surface area contributed by atoms with E-state index in [1.54, 1.807) is 0 Å². The Bertz CT molecular complexity index is 331. The molecule has 0 saturated heterocycles.